The molecule has 1 saturated heterocycles. The van der Waals surface area contributed by atoms with E-state index in [1.165, 1.54) is 4.90 Å². The summed E-state index contributed by atoms with van der Waals surface area (Å²) in [5.74, 6) is 0.755. The van der Waals surface area contributed by atoms with Gasteiger partial charge in [0, 0.05) is 20.2 Å². The van der Waals surface area contributed by atoms with E-state index in [0.717, 1.165) is 37.2 Å². The van der Waals surface area contributed by atoms with Crippen LogP contribution in [0.3, 0.4) is 0 Å². The Morgan fingerprint density at radius 3 is 2.30 bits per heavy atom. The van der Waals surface area contributed by atoms with Gasteiger partial charge in [-0.3, -0.25) is 14.5 Å². The van der Waals surface area contributed by atoms with Crippen LogP contribution < -0.4 is 4.74 Å². The van der Waals surface area contributed by atoms with Crippen molar-refractivity contribution in [3.8, 4) is 5.75 Å². The highest BCUT2D eigenvalue weighted by Gasteiger charge is 2.41. The molecule has 0 spiro atoms. The van der Waals surface area contributed by atoms with Crippen LogP contribution in [0.4, 0.5) is 0 Å². The summed E-state index contributed by atoms with van der Waals surface area (Å²) in [4.78, 5) is 29.3. The average molecular weight is 372 g/mol. The first-order valence-corrected chi connectivity index (χ1v) is 9.60. The number of amides is 2. The van der Waals surface area contributed by atoms with E-state index in [1.807, 2.05) is 29.2 Å². The molecule has 6 nitrogen and oxygen atoms in total. The van der Waals surface area contributed by atoms with Gasteiger partial charge in [-0.2, -0.15) is 0 Å². The van der Waals surface area contributed by atoms with Gasteiger partial charge in [0.25, 0.3) is 11.8 Å². The summed E-state index contributed by atoms with van der Waals surface area (Å²) in [6, 6.07) is 7.46. The molecule has 3 rings (SSSR count). The molecule has 27 heavy (non-hydrogen) atoms. The molecule has 2 aliphatic heterocycles. The van der Waals surface area contributed by atoms with Crippen molar-refractivity contribution in [3.05, 3.63) is 35.5 Å². The van der Waals surface area contributed by atoms with E-state index in [-0.39, 0.29) is 18.4 Å². The molecule has 2 heterocycles. The van der Waals surface area contributed by atoms with Gasteiger partial charge in [-0.05, 0) is 36.5 Å². The van der Waals surface area contributed by atoms with E-state index in [2.05, 4.69) is 13.8 Å². The third kappa shape index (κ3) is 4.16. The maximum Gasteiger partial charge on any atom is 0.277 e. The second-order valence-electron chi connectivity index (χ2n) is 7.40. The van der Waals surface area contributed by atoms with Gasteiger partial charge in [0.15, 0.2) is 0 Å². The van der Waals surface area contributed by atoms with E-state index in [1.54, 1.807) is 7.11 Å². The zero-order chi connectivity index (χ0) is 19.4. The minimum Gasteiger partial charge on any atom is -0.493 e. The van der Waals surface area contributed by atoms with Crippen LogP contribution >= 0.6 is 0 Å². The lowest BCUT2D eigenvalue weighted by molar-refractivity contribution is -0.138. The SMILES string of the molecule is COCCN1C(=O)C(c2ccc(OCC(C)C)cc2)=C(N2CCCC2)C1=O. The molecule has 1 aromatic carbocycles. The van der Waals surface area contributed by atoms with Crippen molar-refractivity contribution in [1.29, 1.82) is 0 Å². The van der Waals surface area contributed by atoms with Crippen LogP contribution in [0.1, 0.15) is 32.3 Å². The fourth-order valence-electron chi connectivity index (χ4n) is 3.42. The quantitative estimate of drug-likeness (QED) is 0.657. The highest BCUT2D eigenvalue weighted by molar-refractivity contribution is 6.35. The monoisotopic (exact) mass is 372 g/mol. The molecular formula is C21H28N2O4. The molecule has 2 amide bonds. The fourth-order valence-corrected chi connectivity index (χ4v) is 3.42. The molecule has 1 fully saturated rings. The molecule has 0 atom stereocenters. The molecule has 0 saturated carbocycles. The zero-order valence-electron chi connectivity index (χ0n) is 16.4. The highest BCUT2D eigenvalue weighted by Crippen LogP contribution is 2.33. The Hall–Kier alpha value is -2.34. The van der Waals surface area contributed by atoms with Crippen LogP contribution in [0.5, 0.6) is 5.75 Å². The van der Waals surface area contributed by atoms with Crippen LogP contribution in [0.15, 0.2) is 30.0 Å². The van der Waals surface area contributed by atoms with Crippen molar-refractivity contribution in [3.63, 3.8) is 0 Å². The second kappa shape index (κ2) is 8.57. The number of likely N-dealkylation sites (tertiary alicyclic amines) is 1. The van der Waals surface area contributed by atoms with Gasteiger partial charge in [-0.15, -0.1) is 0 Å². The molecule has 0 aliphatic carbocycles. The topological polar surface area (TPSA) is 59.1 Å². The number of hydrogen-bond donors (Lipinski definition) is 0. The van der Waals surface area contributed by atoms with E-state index in [4.69, 9.17) is 9.47 Å². The van der Waals surface area contributed by atoms with E-state index in [0.29, 0.717) is 30.4 Å². The first kappa shape index (κ1) is 19.4. The summed E-state index contributed by atoms with van der Waals surface area (Å²) in [5.41, 5.74) is 1.78. The normalized spacial score (nSPS) is 17.6. The molecule has 0 aromatic heterocycles. The molecule has 0 bridgehead atoms. The molecule has 0 radical (unpaired) electrons. The Morgan fingerprint density at radius 1 is 1.04 bits per heavy atom. The first-order valence-electron chi connectivity index (χ1n) is 9.60. The Morgan fingerprint density at radius 2 is 1.70 bits per heavy atom. The van der Waals surface area contributed by atoms with E-state index < -0.39 is 0 Å². The highest BCUT2D eigenvalue weighted by atomic mass is 16.5. The molecule has 0 N–H and O–H groups in total. The van der Waals surface area contributed by atoms with Crippen LogP contribution in [0.25, 0.3) is 5.57 Å². The number of carbonyl (C=O) groups is 2. The van der Waals surface area contributed by atoms with Crippen LogP contribution in [-0.4, -0.2) is 61.6 Å². The third-order valence-corrected chi connectivity index (χ3v) is 4.81. The predicted octanol–water partition coefficient (Wildman–Crippen LogP) is 2.54. The number of hydrogen-bond acceptors (Lipinski definition) is 5. The molecule has 146 valence electrons. The van der Waals surface area contributed by atoms with Gasteiger partial charge >= 0.3 is 0 Å². The smallest absolute Gasteiger partial charge is 0.277 e. The lowest BCUT2D eigenvalue weighted by Gasteiger charge is -2.20. The summed E-state index contributed by atoms with van der Waals surface area (Å²) in [6.45, 7) is 7.06. The van der Waals surface area contributed by atoms with Crippen LogP contribution in [0, 0.1) is 5.92 Å². The first-order chi connectivity index (χ1) is 13.0. The second-order valence-corrected chi connectivity index (χ2v) is 7.40. The van der Waals surface area contributed by atoms with Crippen LogP contribution in [0.2, 0.25) is 0 Å². The molecule has 1 aromatic rings. The number of nitrogens with zero attached hydrogens (tertiary/aromatic N) is 2. The lowest BCUT2D eigenvalue weighted by atomic mass is 10.0. The molecule has 6 heteroatoms. The maximum absolute atomic E-state index is 13.0. The van der Waals surface area contributed by atoms with Gasteiger partial charge in [0.2, 0.25) is 0 Å². The Bertz CT molecular complexity index is 718. The summed E-state index contributed by atoms with van der Waals surface area (Å²) in [7, 11) is 1.57. The number of methoxy groups -OCH3 is 1. The number of rotatable bonds is 8. The van der Waals surface area contributed by atoms with Crippen molar-refractivity contribution in [2.24, 2.45) is 5.92 Å². The van der Waals surface area contributed by atoms with Gasteiger partial charge in [-0.25, -0.2) is 0 Å². The van der Waals surface area contributed by atoms with Crippen molar-refractivity contribution in [2.75, 3.05) is 40.0 Å². The van der Waals surface area contributed by atoms with Crippen molar-refractivity contribution >= 4 is 17.4 Å². The predicted molar refractivity (Wildman–Crippen MR) is 103 cm³/mol. The van der Waals surface area contributed by atoms with E-state index in [9.17, 15) is 9.59 Å². The van der Waals surface area contributed by atoms with Gasteiger partial charge in [0.1, 0.15) is 11.4 Å². The van der Waals surface area contributed by atoms with Crippen molar-refractivity contribution in [1.82, 2.24) is 9.80 Å². The van der Waals surface area contributed by atoms with Crippen LogP contribution in [-0.2, 0) is 14.3 Å². The maximum atomic E-state index is 13.0. The number of imide groups is 1. The summed E-state index contributed by atoms with van der Waals surface area (Å²) in [6.07, 6.45) is 2.08. The average Bonchev–Trinajstić information content (AvgIpc) is 3.26. The largest absolute Gasteiger partial charge is 0.493 e. The number of benzene rings is 1. The van der Waals surface area contributed by atoms with E-state index >= 15 is 0 Å². The van der Waals surface area contributed by atoms with Gasteiger partial charge < -0.3 is 14.4 Å². The Kier molecular flexibility index (Phi) is 6.16. The Labute approximate surface area is 160 Å². The Balaban J connectivity index is 1.90. The fraction of sp³-hybridized carbons (Fsp3) is 0.524. The number of carbonyl (C=O) groups excluding carboxylic acids is 2. The molecule has 2 aliphatic rings. The van der Waals surface area contributed by atoms with Crippen molar-refractivity contribution in [2.45, 2.75) is 26.7 Å². The zero-order valence-corrected chi connectivity index (χ0v) is 16.4. The molecular weight excluding hydrogens is 344 g/mol. The van der Waals surface area contributed by atoms with Crippen molar-refractivity contribution < 1.29 is 19.1 Å². The standard InChI is InChI=1S/C21H28N2O4/c1-15(2)14-27-17-8-6-16(7-9-17)18-19(22-10-4-5-11-22)21(25)23(20(18)24)12-13-26-3/h6-9,15H,4-5,10-14H2,1-3H3. The lowest BCUT2D eigenvalue weighted by Crippen LogP contribution is -2.36. The molecule has 0 unspecified atom stereocenters. The summed E-state index contributed by atoms with van der Waals surface area (Å²) >= 11 is 0. The summed E-state index contributed by atoms with van der Waals surface area (Å²) in [5, 5.41) is 0. The minimum atomic E-state index is -0.241. The summed E-state index contributed by atoms with van der Waals surface area (Å²) < 4.78 is 10.8. The van der Waals surface area contributed by atoms with Gasteiger partial charge in [-0.1, -0.05) is 26.0 Å². The number of ether oxygens (including phenoxy) is 2. The third-order valence-electron chi connectivity index (χ3n) is 4.81. The minimum absolute atomic E-state index is 0.214. The van der Waals surface area contributed by atoms with Gasteiger partial charge in [0.05, 0.1) is 25.3 Å².